The van der Waals surface area contributed by atoms with Crippen LogP contribution in [0.4, 0.5) is 0 Å². The van der Waals surface area contributed by atoms with E-state index in [2.05, 4.69) is 13.8 Å². The highest BCUT2D eigenvalue weighted by Gasteiger charge is 2.94. The Morgan fingerprint density at radius 2 is 1.86 bits per heavy atom. The second-order valence-corrected chi connectivity index (χ2v) is 14.6. The SMILES string of the molecule is CCCCCc1occc1[C@@H]1OC(=O)[C@H]2O[C@]23[C@]24CC=C[C@@]5(C(=O)[C@H]2O)C(C)(C)O[C@H]2CC(=O)OC[C@]25[C@H]4CC[C@@]13C. The number of Topliss-reactive ketones (excluding diaryl/α,β-unsaturated/α-hetero) is 1. The Bertz CT molecular complexity index is 1430. The lowest BCUT2D eigenvalue weighted by atomic mass is 9.33. The number of carbonyl (C=O) groups excluding carboxylic acids is 3. The Morgan fingerprint density at radius 3 is 2.64 bits per heavy atom. The van der Waals surface area contributed by atoms with E-state index in [1.54, 1.807) is 6.26 Å². The molecular weight excluding hydrogens is 540 g/mol. The molecular formula is C33H40O9. The van der Waals surface area contributed by atoms with Crippen molar-refractivity contribution >= 4 is 17.7 Å². The Morgan fingerprint density at radius 1 is 1.05 bits per heavy atom. The number of epoxide rings is 1. The van der Waals surface area contributed by atoms with Crippen molar-refractivity contribution in [1.82, 2.24) is 0 Å². The number of furan rings is 1. The van der Waals surface area contributed by atoms with Crippen LogP contribution in [0.15, 0.2) is 28.9 Å². The quantitative estimate of drug-likeness (QED) is 0.237. The van der Waals surface area contributed by atoms with E-state index < -0.39 is 63.2 Å². The zero-order chi connectivity index (χ0) is 29.5. The standard InChI is InChI=1S/C33H40O9/c1-5-6-7-9-19-18(11-15-38-19)25-29(4)14-10-20-30(33(29)26(42-33)27(37)40-25)12-8-13-32(24(36)23(30)35)28(2,3)41-21-16-22(34)39-17-31(20,21)32/h8,11,13,15,20-21,23,25-26,35H,5-7,9-10,12,14,16-17H2,1-4H3/t20-,21-,23+,25-,26+,29-,30-,31-,32+,33+/m0/s1. The molecule has 0 aromatic carbocycles. The second kappa shape index (κ2) is 8.16. The fourth-order valence-corrected chi connectivity index (χ4v) is 11.4. The van der Waals surface area contributed by atoms with Crippen molar-refractivity contribution in [3.63, 3.8) is 0 Å². The van der Waals surface area contributed by atoms with Gasteiger partial charge in [0, 0.05) is 22.8 Å². The summed E-state index contributed by atoms with van der Waals surface area (Å²) in [7, 11) is 0. The van der Waals surface area contributed by atoms with Crippen LogP contribution in [-0.4, -0.2) is 58.9 Å². The molecule has 0 amide bonds. The third-order valence-corrected chi connectivity index (χ3v) is 12.9. The zero-order valence-electron chi connectivity index (χ0n) is 24.8. The summed E-state index contributed by atoms with van der Waals surface area (Å²) >= 11 is 0. The summed E-state index contributed by atoms with van der Waals surface area (Å²) in [6.45, 7) is 8.05. The summed E-state index contributed by atoms with van der Waals surface area (Å²) in [4.78, 5) is 41.2. The first-order chi connectivity index (χ1) is 20.0. The van der Waals surface area contributed by atoms with Gasteiger partial charge in [0.1, 0.15) is 30.2 Å². The minimum Gasteiger partial charge on any atom is -0.469 e. The van der Waals surface area contributed by atoms with Crippen LogP contribution in [0.2, 0.25) is 0 Å². The molecule has 4 spiro atoms. The molecule has 9 rings (SSSR count). The van der Waals surface area contributed by atoms with E-state index in [-0.39, 0.29) is 30.7 Å². The Labute approximate surface area is 245 Å². The van der Waals surface area contributed by atoms with Gasteiger partial charge in [-0.05, 0) is 51.5 Å². The van der Waals surface area contributed by atoms with Crippen molar-refractivity contribution < 1.29 is 42.9 Å². The van der Waals surface area contributed by atoms with E-state index in [4.69, 9.17) is 23.4 Å². The maximum absolute atomic E-state index is 14.8. The lowest BCUT2D eigenvalue weighted by Crippen LogP contribution is -2.79. The summed E-state index contributed by atoms with van der Waals surface area (Å²) in [5.41, 5.74) is -5.23. The number of hydrogen-bond donors (Lipinski definition) is 1. The number of rotatable bonds is 5. The molecule has 4 saturated heterocycles. The number of ether oxygens (including phenoxy) is 4. The number of allylic oxidation sites excluding steroid dienone is 1. The van der Waals surface area contributed by atoms with Crippen molar-refractivity contribution in [2.75, 3.05) is 6.61 Å². The number of esters is 2. The lowest BCUT2D eigenvalue weighted by molar-refractivity contribution is -0.262. The fourth-order valence-electron chi connectivity index (χ4n) is 11.4. The molecule has 2 saturated carbocycles. The minimum atomic E-state index is -1.40. The van der Waals surface area contributed by atoms with Gasteiger partial charge in [0.2, 0.25) is 0 Å². The highest BCUT2D eigenvalue weighted by Crippen LogP contribution is 2.84. The largest absolute Gasteiger partial charge is 0.469 e. The Hall–Kier alpha value is -2.49. The molecule has 226 valence electrons. The van der Waals surface area contributed by atoms with Gasteiger partial charge in [-0.15, -0.1) is 0 Å². The van der Waals surface area contributed by atoms with Gasteiger partial charge >= 0.3 is 11.9 Å². The smallest absolute Gasteiger partial charge is 0.339 e. The monoisotopic (exact) mass is 580 g/mol. The summed E-state index contributed by atoms with van der Waals surface area (Å²) in [6, 6.07) is 1.90. The molecule has 10 atom stereocenters. The first-order valence-electron chi connectivity index (χ1n) is 15.7. The van der Waals surface area contributed by atoms with Crippen molar-refractivity contribution in [3.8, 4) is 0 Å². The number of hydrogen-bond acceptors (Lipinski definition) is 9. The van der Waals surface area contributed by atoms with Crippen LogP contribution in [0.3, 0.4) is 0 Å². The number of aryl methyl sites for hydroxylation is 1. The van der Waals surface area contributed by atoms with E-state index in [1.807, 2.05) is 32.1 Å². The number of cyclic esters (lactones) is 2. The maximum atomic E-state index is 14.8. The molecule has 9 nitrogen and oxygen atoms in total. The second-order valence-electron chi connectivity index (χ2n) is 14.6. The van der Waals surface area contributed by atoms with Gasteiger partial charge in [-0.1, -0.05) is 38.8 Å². The fraction of sp³-hybridized carbons (Fsp3) is 0.727. The number of unbranched alkanes of at least 4 members (excludes halogenated alkanes) is 2. The van der Waals surface area contributed by atoms with Crippen LogP contribution >= 0.6 is 0 Å². The van der Waals surface area contributed by atoms with Crippen molar-refractivity contribution in [3.05, 3.63) is 35.8 Å². The number of aliphatic hydroxyl groups is 1. The summed E-state index contributed by atoms with van der Waals surface area (Å²) in [5, 5.41) is 12.4. The average Bonchev–Trinajstić information content (AvgIpc) is 3.57. The molecule has 0 radical (unpaired) electrons. The van der Waals surface area contributed by atoms with Gasteiger partial charge in [-0.25, -0.2) is 4.79 Å². The van der Waals surface area contributed by atoms with Crippen molar-refractivity contribution in [2.24, 2.45) is 27.6 Å². The van der Waals surface area contributed by atoms with E-state index in [0.717, 1.165) is 37.0 Å². The molecule has 0 unspecified atom stereocenters. The van der Waals surface area contributed by atoms with Gasteiger partial charge in [0.05, 0.1) is 35.2 Å². The van der Waals surface area contributed by atoms with Gasteiger partial charge < -0.3 is 28.5 Å². The lowest BCUT2D eigenvalue weighted by Gasteiger charge is -2.68. The molecule has 2 bridgehead atoms. The molecule has 8 aliphatic rings. The molecule has 1 N–H and O–H groups in total. The van der Waals surface area contributed by atoms with Crippen LogP contribution in [0, 0.1) is 27.6 Å². The first kappa shape index (κ1) is 27.1. The third-order valence-electron chi connectivity index (χ3n) is 12.9. The Balaban J connectivity index is 1.32. The van der Waals surface area contributed by atoms with Gasteiger partial charge in [-0.2, -0.15) is 0 Å². The molecule has 9 heteroatoms. The predicted octanol–water partition coefficient (Wildman–Crippen LogP) is 4.15. The molecule has 4 aliphatic heterocycles. The molecule has 5 heterocycles. The van der Waals surface area contributed by atoms with Crippen LogP contribution in [0.1, 0.15) is 90.1 Å². The third kappa shape index (κ3) is 2.61. The predicted molar refractivity (Wildman–Crippen MR) is 146 cm³/mol. The highest BCUT2D eigenvalue weighted by molar-refractivity contribution is 5.97. The van der Waals surface area contributed by atoms with Gasteiger partial charge in [-0.3, -0.25) is 9.59 Å². The topological polar surface area (TPSA) is 125 Å². The van der Waals surface area contributed by atoms with Gasteiger partial charge in [0.25, 0.3) is 0 Å². The normalized spacial score (nSPS) is 49.2. The number of carbonyl (C=O) groups is 3. The van der Waals surface area contributed by atoms with Crippen molar-refractivity contribution in [1.29, 1.82) is 0 Å². The first-order valence-corrected chi connectivity index (χ1v) is 15.7. The van der Waals surface area contributed by atoms with Gasteiger partial charge in [0.15, 0.2) is 11.9 Å². The summed E-state index contributed by atoms with van der Waals surface area (Å²) < 4.78 is 31.2. The Kier molecular flexibility index (Phi) is 5.26. The molecule has 1 aromatic rings. The van der Waals surface area contributed by atoms with E-state index >= 15 is 0 Å². The van der Waals surface area contributed by atoms with E-state index in [0.29, 0.717) is 19.3 Å². The summed E-state index contributed by atoms with van der Waals surface area (Å²) in [5.74, 6) is -0.637. The highest BCUT2D eigenvalue weighted by atomic mass is 16.7. The molecule has 42 heavy (non-hydrogen) atoms. The van der Waals surface area contributed by atoms with Crippen LogP contribution in [-0.2, 0) is 39.8 Å². The van der Waals surface area contributed by atoms with Crippen LogP contribution < -0.4 is 0 Å². The molecule has 6 fully saturated rings. The van der Waals surface area contributed by atoms with E-state index in [9.17, 15) is 19.5 Å². The number of ketones is 1. The average molecular weight is 581 g/mol. The van der Waals surface area contributed by atoms with Crippen molar-refractivity contribution in [2.45, 2.75) is 115 Å². The minimum absolute atomic E-state index is 0.0315. The maximum Gasteiger partial charge on any atom is 0.339 e. The van der Waals surface area contributed by atoms with E-state index in [1.165, 1.54) is 0 Å². The zero-order valence-corrected chi connectivity index (χ0v) is 24.8. The number of fused-ring (bicyclic) bond motifs is 2. The summed E-state index contributed by atoms with van der Waals surface area (Å²) in [6.07, 6.45) is 7.62. The van der Waals surface area contributed by atoms with Crippen LogP contribution in [0.5, 0.6) is 0 Å². The molecule has 4 aliphatic carbocycles. The van der Waals surface area contributed by atoms with Crippen LogP contribution in [0.25, 0.3) is 0 Å². The molecule has 1 aromatic heterocycles. The number of aliphatic hydroxyl groups excluding tert-OH is 1.